The highest BCUT2D eigenvalue weighted by molar-refractivity contribution is 9.10. The molecule has 0 fully saturated rings. The average Bonchev–Trinajstić information content (AvgIpc) is 2.58. The molecule has 3 aromatic carbocycles. The first-order valence-corrected chi connectivity index (χ1v) is 7.65. The van der Waals surface area contributed by atoms with Crippen molar-refractivity contribution in [3.63, 3.8) is 0 Å². The lowest BCUT2D eigenvalue weighted by atomic mass is 10.0. The molecule has 0 unspecified atom stereocenters. The number of benzene rings is 3. The van der Waals surface area contributed by atoms with Crippen LogP contribution in [0.15, 0.2) is 83.3 Å². The molecule has 0 atom stereocenters. The zero-order valence-corrected chi connectivity index (χ0v) is 13.3. The molecule has 3 aromatic rings. The van der Waals surface area contributed by atoms with E-state index in [9.17, 15) is 4.79 Å². The first-order chi connectivity index (χ1) is 10.7. The van der Waals surface area contributed by atoms with Gasteiger partial charge in [0.25, 0.3) is 0 Å². The molecule has 22 heavy (non-hydrogen) atoms. The second-order valence-electron chi connectivity index (χ2n) is 4.75. The van der Waals surface area contributed by atoms with Crippen LogP contribution in [-0.4, -0.2) is 5.78 Å². The van der Waals surface area contributed by atoms with Crippen molar-refractivity contribution in [2.45, 2.75) is 0 Å². The van der Waals surface area contributed by atoms with E-state index in [4.69, 9.17) is 4.74 Å². The van der Waals surface area contributed by atoms with Crippen LogP contribution in [-0.2, 0) is 0 Å². The van der Waals surface area contributed by atoms with Gasteiger partial charge in [-0.05, 0) is 36.4 Å². The van der Waals surface area contributed by atoms with E-state index in [0.717, 1.165) is 4.47 Å². The lowest BCUT2D eigenvalue weighted by molar-refractivity contribution is 0.103. The van der Waals surface area contributed by atoms with E-state index in [-0.39, 0.29) is 5.78 Å². The molecule has 0 aliphatic rings. The summed E-state index contributed by atoms with van der Waals surface area (Å²) in [6, 6.07) is 24.0. The highest BCUT2D eigenvalue weighted by Crippen LogP contribution is 2.28. The molecule has 0 saturated carbocycles. The number of halogens is 1. The molecule has 0 aromatic heterocycles. The van der Waals surface area contributed by atoms with Crippen LogP contribution >= 0.6 is 15.9 Å². The van der Waals surface area contributed by atoms with Gasteiger partial charge in [0.1, 0.15) is 11.5 Å². The van der Waals surface area contributed by atoms with Gasteiger partial charge in [0.05, 0.1) is 5.56 Å². The number of carbonyl (C=O) groups is 1. The van der Waals surface area contributed by atoms with Crippen LogP contribution in [0.5, 0.6) is 11.5 Å². The Morgan fingerprint density at radius 3 is 2.14 bits per heavy atom. The Balaban J connectivity index is 1.93. The SMILES string of the molecule is O=C(c1ccccc1)c1ccccc1Oc1ccc(Br)cc1. The fraction of sp³-hybridized carbons (Fsp3) is 0. The summed E-state index contributed by atoms with van der Waals surface area (Å²) >= 11 is 3.39. The summed E-state index contributed by atoms with van der Waals surface area (Å²) in [5.74, 6) is 1.20. The van der Waals surface area contributed by atoms with Gasteiger partial charge in [-0.2, -0.15) is 0 Å². The molecular formula is C19H13BrO2. The van der Waals surface area contributed by atoms with Crippen molar-refractivity contribution in [1.29, 1.82) is 0 Å². The minimum absolute atomic E-state index is 0.0479. The van der Waals surface area contributed by atoms with Crippen LogP contribution in [0, 0.1) is 0 Å². The third kappa shape index (κ3) is 3.26. The molecule has 0 bridgehead atoms. The second-order valence-corrected chi connectivity index (χ2v) is 5.66. The van der Waals surface area contributed by atoms with Crippen molar-refractivity contribution in [2.24, 2.45) is 0 Å². The summed E-state index contributed by atoms with van der Waals surface area (Å²) in [4.78, 5) is 12.6. The normalized spacial score (nSPS) is 10.2. The number of ether oxygens (including phenoxy) is 1. The molecule has 3 heteroatoms. The van der Waals surface area contributed by atoms with Gasteiger partial charge in [0.15, 0.2) is 5.78 Å². The first kappa shape index (κ1) is 14.5. The molecular weight excluding hydrogens is 340 g/mol. The molecule has 2 nitrogen and oxygen atoms in total. The van der Waals surface area contributed by atoms with E-state index >= 15 is 0 Å². The maximum Gasteiger partial charge on any atom is 0.196 e. The molecule has 0 N–H and O–H groups in total. The van der Waals surface area contributed by atoms with Crippen LogP contribution in [0.3, 0.4) is 0 Å². The van der Waals surface area contributed by atoms with Crippen molar-refractivity contribution in [1.82, 2.24) is 0 Å². The Kier molecular flexibility index (Phi) is 4.35. The molecule has 108 valence electrons. The zero-order valence-electron chi connectivity index (χ0n) is 11.7. The predicted molar refractivity (Wildman–Crippen MR) is 90.5 cm³/mol. The summed E-state index contributed by atoms with van der Waals surface area (Å²) in [6.07, 6.45) is 0. The Hall–Kier alpha value is -2.39. The van der Waals surface area contributed by atoms with E-state index in [1.54, 1.807) is 24.3 Å². The Bertz CT molecular complexity index is 780. The molecule has 0 aliphatic carbocycles. The van der Waals surface area contributed by atoms with E-state index in [1.165, 1.54) is 0 Å². The number of carbonyl (C=O) groups excluding carboxylic acids is 1. The van der Waals surface area contributed by atoms with Crippen molar-refractivity contribution in [2.75, 3.05) is 0 Å². The van der Waals surface area contributed by atoms with Crippen molar-refractivity contribution in [3.05, 3.63) is 94.5 Å². The van der Waals surface area contributed by atoms with E-state index in [1.807, 2.05) is 54.6 Å². The molecule has 0 amide bonds. The monoisotopic (exact) mass is 352 g/mol. The highest BCUT2D eigenvalue weighted by Gasteiger charge is 2.14. The van der Waals surface area contributed by atoms with Gasteiger partial charge in [0, 0.05) is 10.0 Å². The largest absolute Gasteiger partial charge is 0.457 e. The summed E-state index contributed by atoms with van der Waals surface area (Å²) < 4.78 is 6.85. The van der Waals surface area contributed by atoms with Gasteiger partial charge in [-0.25, -0.2) is 0 Å². The van der Waals surface area contributed by atoms with Gasteiger partial charge in [-0.3, -0.25) is 4.79 Å². The van der Waals surface area contributed by atoms with Gasteiger partial charge in [0.2, 0.25) is 0 Å². The summed E-state index contributed by atoms with van der Waals surface area (Å²) in [7, 11) is 0. The van der Waals surface area contributed by atoms with Crippen LogP contribution in [0.2, 0.25) is 0 Å². The van der Waals surface area contributed by atoms with Crippen molar-refractivity contribution in [3.8, 4) is 11.5 Å². The number of rotatable bonds is 4. The maximum absolute atomic E-state index is 12.6. The van der Waals surface area contributed by atoms with E-state index < -0.39 is 0 Å². The van der Waals surface area contributed by atoms with Gasteiger partial charge >= 0.3 is 0 Å². The van der Waals surface area contributed by atoms with Gasteiger partial charge < -0.3 is 4.74 Å². The molecule has 0 radical (unpaired) electrons. The molecule has 0 saturated heterocycles. The lowest BCUT2D eigenvalue weighted by Crippen LogP contribution is -2.03. The summed E-state index contributed by atoms with van der Waals surface area (Å²) in [5.41, 5.74) is 1.20. The zero-order chi connectivity index (χ0) is 15.4. The van der Waals surface area contributed by atoms with E-state index in [0.29, 0.717) is 22.6 Å². The minimum Gasteiger partial charge on any atom is -0.457 e. The lowest BCUT2D eigenvalue weighted by Gasteiger charge is -2.10. The minimum atomic E-state index is -0.0479. The fourth-order valence-electron chi connectivity index (χ4n) is 2.12. The second kappa shape index (κ2) is 6.58. The number of ketones is 1. The molecule has 0 aliphatic heterocycles. The van der Waals surface area contributed by atoms with Gasteiger partial charge in [-0.15, -0.1) is 0 Å². The fourth-order valence-corrected chi connectivity index (χ4v) is 2.38. The maximum atomic E-state index is 12.6. The number of para-hydroxylation sites is 1. The van der Waals surface area contributed by atoms with Crippen molar-refractivity contribution < 1.29 is 9.53 Å². The Morgan fingerprint density at radius 2 is 1.41 bits per heavy atom. The summed E-state index contributed by atoms with van der Waals surface area (Å²) in [6.45, 7) is 0. The molecule has 3 rings (SSSR count). The summed E-state index contributed by atoms with van der Waals surface area (Å²) in [5, 5.41) is 0. The van der Waals surface area contributed by atoms with E-state index in [2.05, 4.69) is 15.9 Å². The average molecular weight is 353 g/mol. The first-order valence-electron chi connectivity index (χ1n) is 6.86. The van der Waals surface area contributed by atoms with Crippen LogP contribution in [0.4, 0.5) is 0 Å². The Morgan fingerprint density at radius 1 is 0.773 bits per heavy atom. The number of hydrogen-bond acceptors (Lipinski definition) is 2. The topological polar surface area (TPSA) is 26.3 Å². The molecule has 0 heterocycles. The smallest absolute Gasteiger partial charge is 0.196 e. The standard InChI is InChI=1S/C19H13BrO2/c20-15-10-12-16(13-11-15)22-18-9-5-4-8-17(18)19(21)14-6-2-1-3-7-14/h1-13H. The van der Waals surface area contributed by atoms with Crippen LogP contribution < -0.4 is 4.74 Å². The third-order valence-electron chi connectivity index (χ3n) is 3.21. The number of hydrogen-bond donors (Lipinski definition) is 0. The Labute approximate surface area is 137 Å². The molecule has 0 spiro atoms. The quantitative estimate of drug-likeness (QED) is 0.581. The third-order valence-corrected chi connectivity index (χ3v) is 3.74. The van der Waals surface area contributed by atoms with Crippen LogP contribution in [0.25, 0.3) is 0 Å². The van der Waals surface area contributed by atoms with Gasteiger partial charge in [-0.1, -0.05) is 58.4 Å². The predicted octanol–water partition coefficient (Wildman–Crippen LogP) is 5.47. The van der Waals surface area contributed by atoms with Crippen LogP contribution in [0.1, 0.15) is 15.9 Å². The highest BCUT2D eigenvalue weighted by atomic mass is 79.9. The van der Waals surface area contributed by atoms with Crippen molar-refractivity contribution >= 4 is 21.7 Å².